The van der Waals surface area contributed by atoms with Crippen LogP contribution < -0.4 is 19.0 Å². The summed E-state index contributed by atoms with van der Waals surface area (Å²) in [6.07, 6.45) is 8.15. The molecule has 6 aromatic rings. The second kappa shape index (κ2) is 14.6. The molecule has 4 aromatic heterocycles. The number of Topliss-reactive ketones (excluding diaryl/α,β-unsaturated/α-hetero) is 2. The molecule has 0 amide bonds. The van der Waals surface area contributed by atoms with Crippen molar-refractivity contribution in [1.82, 2.24) is 0 Å². The fourth-order valence-corrected chi connectivity index (χ4v) is 4.49. The fraction of sp³-hybridized carbons (Fsp3) is 0.0556. The van der Waals surface area contributed by atoms with Gasteiger partial charge in [0, 0.05) is 59.7 Å². The minimum absolute atomic E-state index is 0.459. The van der Waals surface area contributed by atoms with Crippen LogP contribution >= 0.6 is 0 Å². The van der Waals surface area contributed by atoms with E-state index in [4.69, 9.17) is 0 Å². The molecule has 0 aliphatic rings. The lowest BCUT2D eigenvalue weighted by molar-refractivity contribution is -0.512. The number of benzene rings is 2. The van der Waals surface area contributed by atoms with Gasteiger partial charge in [-0.05, 0) is 24.3 Å². The first-order valence-electron chi connectivity index (χ1n) is 13.9. The number of carbonyl (C=O) groups is 4. The number of fused-ring (bicyclic) bond motifs is 2. The van der Waals surface area contributed by atoms with E-state index in [0.717, 1.165) is 24.3 Å². The van der Waals surface area contributed by atoms with Crippen LogP contribution in [-0.2, 0) is 9.59 Å². The molecule has 10 heteroatoms. The minimum Gasteiger partial charge on any atom is -0.546 e. The number of ketones is 2. The highest BCUT2D eigenvalue weighted by atomic mass is 16.5. The normalized spacial score (nSPS) is 13.0. The van der Waals surface area contributed by atoms with Crippen molar-refractivity contribution in [3.63, 3.8) is 0 Å². The number of carboxylic acid groups (broad SMARTS) is 2. The Bertz CT molecular complexity index is 1710. The number of hydrogen-bond donors (Lipinski definition) is 2. The van der Waals surface area contributed by atoms with Crippen LogP contribution in [0.1, 0.15) is 20.7 Å². The highest BCUT2D eigenvalue weighted by Gasteiger charge is 2.62. The van der Waals surface area contributed by atoms with Gasteiger partial charge in [0.2, 0.25) is 33.8 Å². The lowest BCUT2D eigenvalue weighted by atomic mass is 9.73. The van der Waals surface area contributed by atoms with Crippen molar-refractivity contribution in [3.05, 3.63) is 169 Å². The molecule has 0 bridgehead atoms. The van der Waals surface area contributed by atoms with Gasteiger partial charge >= 0.3 is 0 Å². The first kappa shape index (κ1) is 32.8. The monoisotopic (exact) mass is 616 g/mol. The standard InChI is InChI=1S/C18H14O8.2C9H8N/c19-13(11-7-3-1-4-8-11)17(25,15(21)22)18(26,16(23)24)14(20)12-9-5-2-6-10-12;2*1-3-7-10-8-4-2-6-9(10)5-1/h1-10,25-26H,(H,21,22)(H,23,24);2*1-8H/q;2*+1/p-2/t17-,18-;;/m1../s1. The van der Waals surface area contributed by atoms with E-state index in [1.807, 2.05) is 73.3 Å². The van der Waals surface area contributed by atoms with Crippen LogP contribution in [0, 0.1) is 0 Å². The lowest BCUT2D eigenvalue weighted by Gasteiger charge is -2.42. The molecule has 230 valence electrons. The van der Waals surface area contributed by atoms with Crippen LogP contribution in [0.5, 0.6) is 0 Å². The molecule has 2 atom stereocenters. The Hall–Kier alpha value is -6.10. The van der Waals surface area contributed by atoms with E-state index < -0.39 is 45.8 Å². The zero-order valence-electron chi connectivity index (χ0n) is 24.2. The highest BCUT2D eigenvalue weighted by Crippen LogP contribution is 2.30. The molecule has 0 saturated heterocycles. The largest absolute Gasteiger partial charge is 0.546 e. The average Bonchev–Trinajstić information content (AvgIpc) is 3.11. The van der Waals surface area contributed by atoms with Crippen LogP contribution in [0.15, 0.2) is 158 Å². The summed E-state index contributed by atoms with van der Waals surface area (Å²) in [5.41, 5.74) is -6.71. The van der Waals surface area contributed by atoms with Crippen molar-refractivity contribution in [2.24, 2.45) is 0 Å². The van der Waals surface area contributed by atoms with Gasteiger partial charge in [-0.25, -0.2) is 0 Å². The van der Waals surface area contributed by atoms with E-state index in [9.17, 15) is 39.6 Å². The molecule has 0 aliphatic heterocycles. The van der Waals surface area contributed by atoms with E-state index in [0.29, 0.717) is 0 Å². The van der Waals surface area contributed by atoms with E-state index in [2.05, 4.69) is 33.1 Å². The van der Waals surface area contributed by atoms with Gasteiger partial charge in [0.25, 0.3) is 0 Å². The summed E-state index contributed by atoms with van der Waals surface area (Å²) in [7, 11) is 0. The van der Waals surface area contributed by atoms with Gasteiger partial charge in [-0.3, -0.25) is 9.59 Å². The smallest absolute Gasteiger partial charge is 0.210 e. The molecule has 0 radical (unpaired) electrons. The number of nitrogens with zero attached hydrogens (tertiary/aromatic N) is 2. The first-order chi connectivity index (χ1) is 22.1. The van der Waals surface area contributed by atoms with Gasteiger partial charge in [0.1, 0.15) is 0 Å². The van der Waals surface area contributed by atoms with Crippen LogP contribution in [-0.4, -0.2) is 44.9 Å². The van der Waals surface area contributed by atoms with Gasteiger partial charge in [0.05, 0.1) is 11.9 Å². The molecule has 0 fully saturated rings. The van der Waals surface area contributed by atoms with E-state index in [1.165, 1.54) is 47.4 Å². The number of carboxylic acids is 2. The highest BCUT2D eigenvalue weighted by molar-refractivity contribution is 6.27. The zero-order chi connectivity index (χ0) is 33.2. The Morgan fingerprint density at radius 1 is 0.435 bits per heavy atom. The molecule has 0 aliphatic carbocycles. The second-order valence-electron chi connectivity index (χ2n) is 9.85. The van der Waals surface area contributed by atoms with Crippen LogP contribution in [0.3, 0.4) is 0 Å². The third-order valence-electron chi connectivity index (χ3n) is 6.94. The van der Waals surface area contributed by atoms with Crippen molar-refractivity contribution in [3.8, 4) is 0 Å². The van der Waals surface area contributed by atoms with Gasteiger partial charge in [0.15, 0.2) is 24.8 Å². The summed E-state index contributed by atoms with van der Waals surface area (Å²) in [6, 6.07) is 37.0. The Labute approximate surface area is 263 Å². The number of pyridine rings is 4. The Kier molecular flexibility index (Phi) is 10.4. The van der Waals surface area contributed by atoms with Crippen molar-refractivity contribution >= 4 is 34.5 Å². The maximum atomic E-state index is 12.5. The molecule has 0 unspecified atom stereocenters. The summed E-state index contributed by atoms with van der Waals surface area (Å²) in [5.74, 6) is -8.81. The summed E-state index contributed by atoms with van der Waals surface area (Å²) in [4.78, 5) is 48.1. The van der Waals surface area contributed by atoms with Gasteiger partial charge in [-0.1, -0.05) is 60.7 Å². The number of aliphatic hydroxyl groups is 2. The number of hydrogen-bond acceptors (Lipinski definition) is 8. The van der Waals surface area contributed by atoms with Gasteiger partial charge in [-0.15, -0.1) is 0 Å². The average molecular weight is 617 g/mol. The lowest BCUT2D eigenvalue weighted by Crippen LogP contribution is -2.76. The predicted molar refractivity (Wildman–Crippen MR) is 161 cm³/mol. The van der Waals surface area contributed by atoms with Crippen molar-refractivity contribution in [2.45, 2.75) is 11.2 Å². The Morgan fingerprint density at radius 3 is 0.935 bits per heavy atom. The SMILES string of the molecule is O=C([O-])[C@](O)(C(=O)c1ccccc1)[C@](O)(C(=O)[O-])C(=O)c1ccccc1.c1cc[n+]2ccccc2c1.c1cc[n+]2ccccc2c1. The minimum atomic E-state index is -4.12. The van der Waals surface area contributed by atoms with Crippen LogP contribution in [0.25, 0.3) is 11.0 Å². The number of aliphatic carboxylic acids is 2. The number of aromatic nitrogens is 2. The number of carbonyl (C=O) groups excluding carboxylic acids is 4. The summed E-state index contributed by atoms with van der Waals surface area (Å²) in [6.45, 7) is 0. The molecule has 2 N–H and O–H groups in total. The topological polar surface area (TPSA) is 163 Å². The van der Waals surface area contributed by atoms with Crippen molar-refractivity contribution < 1.29 is 48.4 Å². The van der Waals surface area contributed by atoms with Crippen molar-refractivity contribution in [1.29, 1.82) is 0 Å². The third-order valence-corrected chi connectivity index (χ3v) is 6.94. The molecule has 4 heterocycles. The molecule has 0 spiro atoms. The Balaban J connectivity index is 0.000000192. The Morgan fingerprint density at radius 2 is 0.696 bits per heavy atom. The molecule has 2 aromatic carbocycles. The quantitative estimate of drug-likeness (QED) is 0.149. The number of rotatable bonds is 7. The van der Waals surface area contributed by atoms with Gasteiger partial charge in [-0.2, -0.15) is 8.80 Å². The fourth-order valence-electron chi connectivity index (χ4n) is 4.49. The summed E-state index contributed by atoms with van der Waals surface area (Å²) < 4.78 is 4.17. The van der Waals surface area contributed by atoms with E-state index >= 15 is 0 Å². The van der Waals surface area contributed by atoms with E-state index in [1.54, 1.807) is 0 Å². The van der Waals surface area contributed by atoms with Crippen LogP contribution in [0.2, 0.25) is 0 Å². The molecule has 10 nitrogen and oxygen atoms in total. The first-order valence-corrected chi connectivity index (χ1v) is 13.9. The molecule has 6 rings (SSSR count). The maximum Gasteiger partial charge on any atom is 0.210 e. The predicted octanol–water partition coefficient (Wildman–Crippen LogP) is 0.565. The van der Waals surface area contributed by atoms with Crippen LogP contribution in [0.4, 0.5) is 0 Å². The summed E-state index contributed by atoms with van der Waals surface area (Å²) >= 11 is 0. The molecule has 46 heavy (non-hydrogen) atoms. The van der Waals surface area contributed by atoms with Crippen molar-refractivity contribution in [2.75, 3.05) is 0 Å². The molecular weight excluding hydrogens is 588 g/mol. The molecule has 0 saturated carbocycles. The zero-order valence-corrected chi connectivity index (χ0v) is 24.2. The second-order valence-corrected chi connectivity index (χ2v) is 9.85. The van der Waals surface area contributed by atoms with Gasteiger partial charge < -0.3 is 30.0 Å². The maximum absolute atomic E-state index is 12.5. The summed E-state index contributed by atoms with van der Waals surface area (Å²) in [5, 5.41) is 43.9. The molecular formula is C36H28N2O8. The third kappa shape index (κ3) is 6.83. The van der Waals surface area contributed by atoms with E-state index in [-0.39, 0.29) is 0 Å².